The Morgan fingerprint density at radius 1 is 1.24 bits per heavy atom. The molecule has 1 aromatic carbocycles. The molecule has 10 nitrogen and oxygen atoms in total. The van der Waals surface area contributed by atoms with Gasteiger partial charge in [0.15, 0.2) is 0 Å². The molecule has 0 aliphatic carbocycles. The lowest BCUT2D eigenvalue weighted by Crippen LogP contribution is -2.37. The van der Waals surface area contributed by atoms with Gasteiger partial charge in [0.2, 0.25) is 0 Å². The number of aliphatic carboxylic acids is 2. The Hall–Kier alpha value is -3.69. The highest BCUT2D eigenvalue weighted by Crippen LogP contribution is 2.41. The number of nitrogens with zero attached hydrogens (tertiary/aromatic N) is 1. The zero-order valence-electron chi connectivity index (χ0n) is 12.9. The molecular weight excluding hydrogens is 332 g/mol. The molecule has 0 amide bonds. The van der Waals surface area contributed by atoms with Crippen LogP contribution in [0.15, 0.2) is 46.8 Å². The third-order valence-electron chi connectivity index (χ3n) is 3.74. The Bertz CT molecular complexity index is 871. The maximum absolute atomic E-state index is 11.8. The Labute approximate surface area is 140 Å². The highest BCUT2D eigenvalue weighted by molar-refractivity contribution is 6.07. The molecule has 2 rings (SSSR count). The minimum Gasteiger partial charge on any atom is -0.478 e. The number of carbonyl (C=O) groups is 2. The summed E-state index contributed by atoms with van der Waals surface area (Å²) >= 11 is 0. The number of carboxylic acids is 2. The van der Waals surface area contributed by atoms with Gasteiger partial charge in [-0.3, -0.25) is 15.5 Å². The number of rotatable bonds is 5. The summed E-state index contributed by atoms with van der Waals surface area (Å²) in [5.74, 6) is -5.05. The molecule has 1 aromatic rings. The monoisotopic (exact) mass is 346 g/mol. The predicted octanol–water partition coefficient (Wildman–Crippen LogP) is 0.915. The van der Waals surface area contributed by atoms with Crippen molar-refractivity contribution in [3.8, 4) is 0 Å². The van der Waals surface area contributed by atoms with Crippen LogP contribution in [0.25, 0.3) is 0 Å². The number of dihydropyridines is 1. The molecule has 0 aromatic heterocycles. The number of allylic oxidation sites excluding steroid dienone is 1. The highest BCUT2D eigenvalue weighted by atomic mass is 16.6. The number of benzene rings is 1. The molecule has 0 bridgehead atoms. The Morgan fingerprint density at radius 2 is 1.80 bits per heavy atom. The first-order valence-corrected chi connectivity index (χ1v) is 6.93. The number of nitro groups is 1. The lowest BCUT2D eigenvalue weighted by molar-refractivity contribution is -0.385. The summed E-state index contributed by atoms with van der Waals surface area (Å²) in [6.45, 7) is 1.37. The van der Waals surface area contributed by atoms with Crippen molar-refractivity contribution in [1.82, 2.24) is 5.32 Å². The van der Waals surface area contributed by atoms with Crippen molar-refractivity contribution in [2.75, 3.05) is 0 Å². The van der Waals surface area contributed by atoms with E-state index in [9.17, 15) is 29.9 Å². The molecule has 0 saturated heterocycles. The van der Waals surface area contributed by atoms with Gasteiger partial charge in [-0.05, 0) is 6.92 Å². The van der Waals surface area contributed by atoms with Crippen LogP contribution in [0.3, 0.4) is 0 Å². The SMILES string of the molecule is CC1=C(C(=O)O)C(c2ccccc2[N+](=O)[O-])C(C(=O)O)=C(C(=N)N)N1. The highest BCUT2D eigenvalue weighted by Gasteiger charge is 2.41. The van der Waals surface area contributed by atoms with E-state index >= 15 is 0 Å². The number of para-hydroxylation sites is 1. The van der Waals surface area contributed by atoms with Crippen LogP contribution in [0.2, 0.25) is 0 Å². The van der Waals surface area contributed by atoms with Crippen molar-refractivity contribution >= 4 is 23.5 Å². The van der Waals surface area contributed by atoms with Crippen molar-refractivity contribution in [1.29, 1.82) is 5.41 Å². The van der Waals surface area contributed by atoms with E-state index in [1.165, 1.54) is 25.1 Å². The number of hydrogen-bond acceptors (Lipinski definition) is 6. The zero-order chi connectivity index (χ0) is 18.9. The van der Waals surface area contributed by atoms with Gasteiger partial charge in [0.1, 0.15) is 5.84 Å². The maximum atomic E-state index is 11.8. The Morgan fingerprint density at radius 3 is 2.28 bits per heavy atom. The molecule has 0 fully saturated rings. The third kappa shape index (κ3) is 3.04. The number of amidine groups is 1. The largest absolute Gasteiger partial charge is 0.478 e. The average molecular weight is 346 g/mol. The molecule has 10 heteroatoms. The molecule has 0 saturated carbocycles. The molecule has 1 heterocycles. The number of carboxylic acid groups (broad SMARTS) is 2. The van der Waals surface area contributed by atoms with Gasteiger partial charge in [0, 0.05) is 17.3 Å². The first kappa shape index (κ1) is 17.7. The van der Waals surface area contributed by atoms with Crippen LogP contribution < -0.4 is 11.1 Å². The second-order valence-electron chi connectivity index (χ2n) is 5.23. The molecule has 1 atom stereocenters. The van der Waals surface area contributed by atoms with Gasteiger partial charge in [0.05, 0.1) is 27.7 Å². The number of hydrogen-bond donors (Lipinski definition) is 5. The van der Waals surface area contributed by atoms with Crippen LogP contribution in [0.1, 0.15) is 18.4 Å². The van der Waals surface area contributed by atoms with E-state index in [2.05, 4.69) is 5.32 Å². The summed E-state index contributed by atoms with van der Waals surface area (Å²) in [6.07, 6.45) is 0. The molecular formula is C15H14N4O6. The van der Waals surface area contributed by atoms with E-state index in [0.717, 1.165) is 6.07 Å². The molecule has 25 heavy (non-hydrogen) atoms. The normalized spacial score (nSPS) is 17.1. The Kier molecular flexibility index (Phi) is 4.54. The molecule has 0 radical (unpaired) electrons. The van der Waals surface area contributed by atoms with Crippen LogP contribution >= 0.6 is 0 Å². The van der Waals surface area contributed by atoms with Crippen LogP contribution in [-0.2, 0) is 9.59 Å². The average Bonchev–Trinajstić information content (AvgIpc) is 2.52. The second kappa shape index (κ2) is 6.43. The van der Waals surface area contributed by atoms with E-state index in [1.807, 2.05) is 0 Å². The van der Waals surface area contributed by atoms with E-state index < -0.39 is 39.9 Å². The zero-order valence-corrected chi connectivity index (χ0v) is 12.9. The molecule has 130 valence electrons. The quantitative estimate of drug-likeness (QED) is 0.226. The fraction of sp³-hybridized carbons (Fsp3) is 0.133. The van der Waals surface area contributed by atoms with Gasteiger partial charge in [0.25, 0.3) is 5.69 Å². The minimum atomic E-state index is -1.54. The maximum Gasteiger partial charge on any atom is 0.334 e. The van der Waals surface area contributed by atoms with E-state index in [0.29, 0.717) is 0 Å². The first-order valence-electron chi connectivity index (χ1n) is 6.93. The van der Waals surface area contributed by atoms with Gasteiger partial charge in [-0.1, -0.05) is 18.2 Å². The van der Waals surface area contributed by atoms with Crippen LogP contribution in [0, 0.1) is 15.5 Å². The van der Waals surface area contributed by atoms with E-state index in [1.54, 1.807) is 0 Å². The van der Waals surface area contributed by atoms with Crippen molar-refractivity contribution in [2.45, 2.75) is 12.8 Å². The Balaban J connectivity index is 2.89. The minimum absolute atomic E-state index is 0.0471. The van der Waals surface area contributed by atoms with E-state index in [-0.39, 0.29) is 22.5 Å². The summed E-state index contributed by atoms with van der Waals surface area (Å²) in [5.41, 5.74) is 3.73. The molecule has 1 unspecified atom stereocenters. The number of nitro benzene ring substituents is 1. The topological polar surface area (TPSA) is 180 Å². The summed E-state index contributed by atoms with van der Waals surface area (Å²) in [4.78, 5) is 34.1. The van der Waals surface area contributed by atoms with Crippen molar-refractivity contribution in [3.63, 3.8) is 0 Å². The molecule has 0 spiro atoms. The standard InChI is InChI=1S/C15H14N4O6/c1-6-9(14(20)21)10(7-4-2-3-5-8(7)19(24)25)11(15(22)23)12(18-6)13(16)17/h2-5,10,18H,1H3,(H3,16,17)(H,20,21)(H,22,23). The number of nitrogens with one attached hydrogen (secondary N) is 2. The lowest BCUT2D eigenvalue weighted by Gasteiger charge is -2.29. The molecule has 1 aliphatic heterocycles. The predicted molar refractivity (Wildman–Crippen MR) is 85.9 cm³/mol. The summed E-state index contributed by atoms with van der Waals surface area (Å²) < 4.78 is 0. The van der Waals surface area contributed by atoms with Gasteiger partial charge < -0.3 is 21.3 Å². The molecule has 6 N–H and O–H groups in total. The second-order valence-corrected chi connectivity index (χ2v) is 5.23. The third-order valence-corrected chi connectivity index (χ3v) is 3.74. The smallest absolute Gasteiger partial charge is 0.334 e. The van der Waals surface area contributed by atoms with Gasteiger partial charge in [-0.25, -0.2) is 9.59 Å². The fourth-order valence-corrected chi connectivity index (χ4v) is 2.76. The lowest BCUT2D eigenvalue weighted by atomic mass is 9.79. The number of nitrogens with two attached hydrogens (primary N) is 1. The summed E-state index contributed by atoms with van der Waals surface area (Å²) in [5, 5.41) is 40.5. The van der Waals surface area contributed by atoms with Gasteiger partial charge >= 0.3 is 11.9 Å². The van der Waals surface area contributed by atoms with Crippen LogP contribution in [0.4, 0.5) is 5.69 Å². The first-order chi connectivity index (χ1) is 11.7. The molecule has 1 aliphatic rings. The van der Waals surface area contributed by atoms with Gasteiger partial charge in [-0.15, -0.1) is 0 Å². The van der Waals surface area contributed by atoms with Crippen molar-refractivity contribution in [2.24, 2.45) is 5.73 Å². The van der Waals surface area contributed by atoms with Gasteiger partial charge in [-0.2, -0.15) is 0 Å². The van der Waals surface area contributed by atoms with E-state index in [4.69, 9.17) is 11.1 Å². The fourth-order valence-electron chi connectivity index (χ4n) is 2.76. The van der Waals surface area contributed by atoms with Crippen LogP contribution in [-0.4, -0.2) is 32.9 Å². The van der Waals surface area contributed by atoms with Crippen LogP contribution in [0.5, 0.6) is 0 Å². The summed E-state index contributed by atoms with van der Waals surface area (Å²) in [7, 11) is 0. The van der Waals surface area contributed by atoms with Crippen molar-refractivity contribution in [3.05, 3.63) is 62.5 Å². The summed E-state index contributed by atoms with van der Waals surface area (Å²) in [6, 6.07) is 5.26. The van der Waals surface area contributed by atoms with Crippen molar-refractivity contribution < 1.29 is 24.7 Å².